The molecular weight excluding hydrogens is 374 g/mol. The zero-order chi connectivity index (χ0) is 20.9. The van der Waals surface area contributed by atoms with Crippen molar-refractivity contribution in [3.63, 3.8) is 0 Å². The minimum atomic E-state index is -0.113. The van der Waals surface area contributed by atoms with Crippen molar-refractivity contribution in [2.75, 3.05) is 5.32 Å². The number of carbonyl (C=O) groups is 1. The van der Waals surface area contributed by atoms with E-state index in [0.29, 0.717) is 13.1 Å². The number of hydrogen-bond donors (Lipinski definition) is 1. The lowest BCUT2D eigenvalue weighted by atomic mass is 10.0. The average Bonchev–Trinajstić information content (AvgIpc) is 3.05. The van der Waals surface area contributed by atoms with Gasteiger partial charge in [-0.25, -0.2) is 4.79 Å². The number of nitrogens with zero attached hydrogens (tertiary/aromatic N) is 2. The zero-order valence-corrected chi connectivity index (χ0v) is 17.0. The molecule has 1 amide bonds. The van der Waals surface area contributed by atoms with Gasteiger partial charge in [-0.3, -0.25) is 13.9 Å². The number of rotatable bonds is 7. The number of hydrogen-bond acceptors (Lipinski definition) is 2. The quantitative estimate of drug-likeness (QED) is 0.480. The monoisotopic (exact) mass is 399 g/mol. The van der Waals surface area contributed by atoms with E-state index in [1.807, 2.05) is 78.9 Å². The Balaban J connectivity index is 1.54. The van der Waals surface area contributed by atoms with Crippen LogP contribution in [0.2, 0.25) is 0 Å². The number of imidazole rings is 1. The van der Waals surface area contributed by atoms with Crippen molar-refractivity contribution in [2.24, 2.45) is 0 Å². The molecule has 5 nitrogen and oxygen atoms in total. The molecule has 0 saturated heterocycles. The number of aromatic nitrogens is 2. The fraction of sp³-hybridized carbons (Fsp3) is 0.200. The van der Waals surface area contributed by atoms with Crippen molar-refractivity contribution in [3.8, 4) is 11.1 Å². The molecule has 4 rings (SSSR count). The van der Waals surface area contributed by atoms with Gasteiger partial charge in [0.15, 0.2) is 0 Å². The third-order valence-electron chi connectivity index (χ3n) is 5.22. The maximum absolute atomic E-state index is 12.9. The summed E-state index contributed by atoms with van der Waals surface area (Å²) in [5, 5.41) is 3.02. The van der Waals surface area contributed by atoms with Crippen molar-refractivity contribution >= 4 is 22.6 Å². The molecule has 0 saturated carbocycles. The Kier molecular flexibility index (Phi) is 5.80. The van der Waals surface area contributed by atoms with Gasteiger partial charge in [0, 0.05) is 30.8 Å². The van der Waals surface area contributed by atoms with E-state index >= 15 is 0 Å². The number of benzene rings is 3. The van der Waals surface area contributed by atoms with Crippen molar-refractivity contribution < 1.29 is 4.79 Å². The zero-order valence-electron chi connectivity index (χ0n) is 17.0. The molecule has 1 aromatic heterocycles. The van der Waals surface area contributed by atoms with Crippen molar-refractivity contribution in [1.82, 2.24) is 9.13 Å². The van der Waals surface area contributed by atoms with Gasteiger partial charge in [-0.15, -0.1) is 0 Å². The van der Waals surface area contributed by atoms with Crippen molar-refractivity contribution in [2.45, 2.75) is 32.9 Å². The molecule has 0 aliphatic rings. The highest BCUT2D eigenvalue weighted by Crippen LogP contribution is 2.27. The Morgan fingerprint density at radius 1 is 0.800 bits per heavy atom. The summed E-state index contributed by atoms with van der Waals surface area (Å²) in [6.07, 6.45) is 1.10. The van der Waals surface area contributed by atoms with E-state index in [4.69, 9.17) is 0 Å². The van der Waals surface area contributed by atoms with E-state index < -0.39 is 0 Å². The minimum Gasteiger partial charge on any atom is -0.325 e. The molecule has 30 heavy (non-hydrogen) atoms. The van der Waals surface area contributed by atoms with E-state index in [0.717, 1.165) is 34.3 Å². The van der Waals surface area contributed by atoms with E-state index in [-0.39, 0.29) is 18.0 Å². The molecule has 0 radical (unpaired) electrons. The van der Waals surface area contributed by atoms with Gasteiger partial charge in [0.05, 0.1) is 11.0 Å². The van der Waals surface area contributed by atoms with Gasteiger partial charge in [-0.05, 0) is 30.2 Å². The van der Waals surface area contributed by atoms with Crippen molar-refractivity contribution in [3.05, 3.63) is 89.3 Å². The molecule has 3 aromatic carbocycles. The summed E-state index contributed by atoms with van der Waals surface area (Å²) in [6, 6.07) is 25.5. The number of nitrogens with one attached hydrogen (secondary N) is 1. The standard InChI is InChI=1S/C25H25N3O2/c1-2-17-27-22-14-8-9-15-23(22)28(25(27)30)18-16-24(29)26-21-13-7-6-12-20(21)19-10-4-3-5-11-19/h3-15H,2,16-18H2,1H3,(H,26,29). The Morgan fingerprint density at radius 2 is 1.40 bits per heavy atom. The fourth-order valence-electron chi connectivity index (χ4n) is 3.82. The second-order valence-electron chi connectivity index (χ2n) is 7.28. The summed E-state index contributed by atoms with van der Waals surface area (Å²) in [5.74, 6) is -0.113. The summed E-state index contributed by atoms with van der Waals surface area (Å²) < 4.78 is 3.49. The smallest absolute Gasteiger partial charge is 0.325 e. The minimum absolute atomic E-state index is 0.0597. The largest absolute Gasteiger partial charge is 0.329 e. The summed E-state index contributed by atoms with van der Waals surface area (Å²) in [6.45, 7) is 3.06. The summed E-state index contributed by atoms with van der Waals surface area (Å²) in [4.78, 5) is 25.6. The normalized spacial score (nSPS) is 11.0. The predicted molar refractivity (Wildman–Crippen MR) is 122 cm³/mol. The topological polar surface area (TPSA) is 56.0 Å². The maximum atomic E-state index is 12.9. The van der Waals surface area contributed by atoms with Crippen LogP contribution in [-0.2, 0) is 17.9 Å². The SMILES string of the molecule is CCCn1c(=O)n(CCC(=O)Nc2ccccc2-c2ccccc2)c2ccccc21. The Morgan fingerprint density at radius 3 is 2.10 bits per heavy atom. The van der Waals surface area contributed by atoms with Crippen LogP contribution in [0.25, 0.3) is 22.2 Å². The van der Waals surface area contributed by atoms with Crippen LogP contribution in [0.3, 0.4) is 0 Å². The molecule has 1 N–H and O–H groups in total. The Labute approximate surface area is 175 Å². The highest BCUT2D eigenvalue weighted by atomic mass is 16.2. The van der Waals surface area contributed by atoms with Gasteiger partial charge in [0.2, 0.25) is 5.91 Å². The first kappa shape index (κ1) is 19.7. The number of amides is 1. The van der Waals surface area contributed by atoms with Crippen LogP contribution < -0.4 is 11.0 Å². The second kappa shape index (κ2) is 8.82. The van der Waals surface area contributed by atoms with E-state index in [1.165, 1.54) is 0 Å². The number of fused-ring (bicyclic) bond motifs is 1. The van der Waals surface area contributed by atoms with Gasteiger partial charge < -0.3 is 5.32 Å². The lowest BCUT2D eigenvalue weighted by Crippen LogP contribution is -2.26. The predicted octanol–water partition coefficient (Wildman–Crippen LogP) is 4.91. The van der Waals surface area contributed by atoms with Gasteiger partial charge in [0.1, 0.15) is 0 Å². The molecule has 0 aliphatic heterocycles. The molecule has 0 fully saturated rings. The van der Waals surface area contributed by atoms with Crippen molar-refractivity contribution in [1.29, 1.82) is 0 Å². The van der Waals surface area contributed by atoms with Crippen LogP contribution in [0.4, 0.5) is 5.69 Å². The molecular formula is C25H25N3O2. The first-order valence-electron chi connectivity index (χ1n) is 10.3. The number of anilines is 1. The summed E-state index contributed by atoms with van der Waals surface area (Å²) in [5.41, 5.74) is 4.52. The molecule has 0 unspecified atom stereocenters. The highest BCUT2D eigenvalue weighted by molar-refractivity contribution is 5.95. The summed E-state index contributed by atoms with van der Waals surface area (Å²) in [7, 11) is 0. The lowest BCUT2D eigenvalue weighted by molar-refractivity contribution is -0.116. The van der Waals surface area contributed by atoms with Crippen LogP contribution in [0.1, 0.15) is 19.8 Å². The molecule has 4 aromatic rings. The van der Waals surface area contributed by atoms with Gasteiger partial charge >= 0.3 is 5.69 Å². The van der Waals surface area contributed by atoms with Crippen LogP contribution in [-0.4, -0.2) is 15.0 Å². The first-order chi connectivity index (χ1) is 14.7. The Hall–Kier alpha value is -3.60. The van der Waals surface area contributed by atoms with E-state index in [9.17, 15) is 9.59 Å². The highest BCUT2D eigenvalue weighted by Gasteiger charge is 2.14. The molecule has 0 aliphatic carbocycles. The number of para-hydroxylation sites is 3. The average molecular weight is 399 g/mol. The fourth-order valence-corrected chi connectivity index (χ4v) is 3.82. The molecule has 152 valence electrons. The first-order valence-corrected chi connectivity index (χ1v) is 10.3. The van der Waals surface area contributed by atoms with Gasteiger partial charge in [-0.2, -0.15) is 0 Å². The molecule has 0 bridgehead atoms. The number of carbonyl (C=O) groups excluding carboxylic acids is 1. The van der Waals surface area contributed by atoms with Crippen LogP contribution in [0.5, 0.6) is 0 Å². The third-order valence-corrected chi connectivity index (χ3v) is 5.22. The van der Waals surface area contributed by atoms with Crippen LogP contribution in [0.15, 0.2) is 83.7 Å². The van der Waals surface area contributed by atoms with E-state index in [2.05, 4.69) is 12.2 Å². The Bertz CT molecular complexity index is 1220. The van der Waals surface area contributed by atoms with Gasteiger partial charge in [0.25, 0.3) is 0 Å². The molecule has 0 spiro atoms. The maximum Gasteiger partial charge on any atom is 0.329 e. The third kappa shape index (κ3) is 3.92. The lowest BCUT2D eigenvalue weighted by Gasteiger charge is -2.11. The number of aryl methyl sites for hydroxylation is 2. The molecule has 1 heterocycles. The van der Waals surface area contributed by atoms with Crippen LogP contribution >= 0.6 is 0 Å². The van der Waals surface area contributed by atoms with Gasteiger partial charge in [-0.1, -0.05) is 67.6 Å². The van der Waals surface area contributed by atoms with E-state index in [1.54, 1.807) is 9.13 Å². The molecule has 0 atom stereocenters. The van der Waals surface area contributed by atoms with Crippen LogP contribution in [0, 0.1) is 0 Å². The second-order valence-corrected chi connectivity index (χ2v) is 7.28. The summed E-state index contributed by atoms with van der Waals surface area (Å²) >= 11 is 0. The molecule has 5 heteroatoms.